The molecule has 0 N–H and O–H groups in total. The Hall–Kier alpha value is -0.0975. The Labute approximate surface area is 125 Å². The van der Waals surface area contributed by atoms with E-state index in [1.807, 2.05) is 6.08 Å². The first kappa shape index (κ1) is 17.9. The van der Waals surface area contributed by atoms with Gasteiger partial charge < -0.3 is 9.47 Å². The van der Waals surface area contributed by atoms with E-state index in [1.165, 1.54) is 25.7 Å². The third kappa shape index (κ3) is 9.88. The Balaban J connectivity index is 4.08. The summed E-state index contributed by atoms with van der Waals surface area (Å²) in [5, 5.41) is 0. The van der Waals surface area contributed by atoms with Gasteiger partial charge in [-0.25, -0.2) is 0 Å². The van der Waals surface area contributed by atoms with Gasteiger partial charge in [0, 0.05) is 10.7 Å². The molecule has 1 radical (unpaired) electrons. The van der Waals surface area contributed by atoms with Gasteiger partial charge >= 0.3 is 0 Å². The lowest BCUT2D eigenvalue weighted by Gasteiger charge is -2.13. The number of ether oxygens (including phenoxy) is 2. The van der Waals surface area contributed by atoms with Gasteiger partial charge in [-0.05, 0) is 12.8 Å². The van der Waals surface area contributed by atoms with Gasteiger partial charge in [-0.2, -0.15) is 0 Å². The number of hydrogen-bond donors (Lipinski definition) is 0. The average Bonchev–Trinajstić information content (AvgIpc) is 2.38. The number of rotatable bonds is 11. The van der Waals surface area contributed by atoms with Crippen LogP contribution >= 0.6 is 0 Å². The standard InChI is InChI=1S/C14H25ClO2.Al.H/c1-3-5-7-11-16-13-14(9-10-15)17-12-8-6-4-2;;/h9-10,15H,3-8,11-12H2,1-2H3;;/q+1;;. The molecular formula is C14H26AlClO2+. The lowest BCUT2D eigenvalue weighted by molar-refractivity contribution is -0.275. The molecule has 103 valence electrons. The average molecular weight is 289 g/mol. The van der Waals surface area contributed by atoms with Crippen molar-refractivity contribution < 1.29 is 21.1 Å². The highest BCUT2D eigenvalue weighted by atomic mass is 35.5. The van der Waals surface area contributed by atoms with Crippen molar-refractivity contribution in [3.05, 3.63) is 22.0 Å². The lowest BCUT2D eigenvalue weighted by Crippen LogP contribution is -2.03. The number of hydrogen-bond acceptors (Lipinski definition) is 2. The van der Waals surface area contributed by atoms with E-state index in [0.717, 1.165) is 36.4 Å². The highest BCUT2D eigenvalue weighted by molar-refractivity contribution is 6.20. The fourth-order valence-corrected chi connectivity index (χ4v) is 1.92. The molecule has 0 aromatic heterocycles. The largest absolute Gasteiger partial charge is 0.515 e. The van der Waals surface area contributed by atoms with Gasteiger partial charge in [0.15, 0.2) is 5.54 Å². The molecule has 0 bridgehead atoms. The molecule has 0 aliphatic carbocycles. The van der Waals surface area contributed by atoms with Crippen molar-refractivity contribution >= 4 is 16.3 Å². The SMILES string of the molecule is CCCCCO[C]([AlH])=C(C=C[ClH+])OCCCCC. The summed E-state index contributed by atoms with van der Waals surface area (Å²) in [7, 11) is 0. The maximum Gasteiger partial charge on any atom is 0.291 e. The van der Waals surface area contributed by atoms with Crippen molar-refractivity contribution in [2.45, 2.75) is 52.4 Å². The summed E-state index contributed by atoms with van der Waals surface area (Å²) in [5.74, 6) is 0.788. The second kappa shape index (κ2) is 13.3. The summed E-state index contributed by atoms with van der Waals surface area (Å²) in [6, 6.07) is 0. The zero-order chi connectivity index (χ0) is 13.6. The van der Waals surface area contributed by atoms with E-state index in [2.05, 4.69) is 13.8 Å². The van der Waals surface area contributed by atoms with E-state index in [4.69, 9.17) is 21.1 Å². The van der Waals surface area contributed by atoms with Gasteiger partial charge in [0.2, 0.25) is 0 Å². The Morgan fingerprint density at radius 2 is 1.56 bits per heavy atom. The molecule has 4 heteroatoms. The van der Waals surface area contributed by atoms with Crippen LogP contribution < -0.4 is 0 Å². The first-order valence-electron chi connectivity index (χ1n) is 6.86. The van der Waals surface area contributed by atoms with Crippen molar-refractivity contribution in [3.8, 4) is 0 Å². The van der Waals surface area contributed by atoms with E-state index in [9.17, 15) is 0 Å². The van der Waals surface area contributed by atoms with Crippen molar-refractivity contribution in [3.63, 3.8) is 0 Å². The summed E-state index contributed by atoms with van der Waals surface area (Å²) >= 11 is 6.58. The Morgan fingerprint density at radius 1 is 1.00 bits per heavy atom. The summed E-state index contributed by atoms with van der Waals surface area (Å²) in [5.41, 5.74) is 1.58. The minimum atomic E-state index is 0.739. The summed E-state index contributed by atoms with van der Waals surface area (Å²) in [4.78, 5) is 0. The first-order valence-corrected chi connectivity index (χ1v) is 8.04. The van der Waals surface area contributed by atoms with Gasteiger partial charge in [0.1, 0.15) is 17.4 Å². The predicted octanol–water partition coefficient (Wildman–Crippen LogP) is 3.27. The Bertz CT molecular complexity index is 252. The van der Waals surface area contributed by atoms with Crippen LogP contribution in [0.1, 0.15) is 52.4 Å². The van der Waals surface area contributed by atoms with Crippen LogP contribution in [0.4, 0.5) is 0 Å². The third-order valence-corrected chi connectivity index (χ3v) is 3.21. The number of halogens is 1. The van der Waals surface area contributed by atoms with Crippen LogP contribution in [-0.2, 0) is 9.47 Å². The number of unbranched alkanes of at least 4 members (excludes halogenated alkanes) is 4. The molecule has 0 aliphatic heterocycles. The highest BCUT2D eigenvalue weighted by Crippen LogP contribution is 2.09. The van der Waals surface area contributed by atoms with E-state index in [-0.39, 0.29) is 0 Å². The molecule has 0 heterocycles. The molecule has 0 aromatic rings. The predicted molar refractivity (Wildman–Crippen MR) is 75.7 cm³/mol. The molecular weight excluding hydrogens is 263 g/mol. The topological polar surface area (TPSA) is 18.5 Å². The Morgan fingerprint density at radius 3 is 2.06 bits per heavy atom. The zero-order valence-electron chi connectivity index (χ0n) is 11.7. The van der Waals surface area contributed by atoms with Crippen molar-refractivity contribution in [2.24, 2.45) is 0 Å². The molecule has 0 saturated heterocycles. The minimum absolute atomic E-state index is 0.739. The highest BCUT2D eigenvalue weighted by Gasteiger charge is 2.02. The van der Waals surface area contributed by atoms with Crippen molar-refractivity contribution in [2.75, 3.05) is 13.2 Å². The molecule has 0 spiro atoms. The molecule has 0 rings (SSSR count). The fraction of sp³-hybridized carbons (Fsp3) is 0.714. The van der Waals surface area contributed by atoms with E-state index >= 15 is 0 Å². The number of allylic oxidation sites excluding steroid dienone is 1. The fourth-order valence-electron chi connectivity index (χ4n) is 1.44. The van der Waals surface area contributed by atoms with Crippen LogP contribution in [0.15, 0.2) is 22.0 Å². The quantitative estimate of drug-likeness (QED) is 0.251. The molecule has 0 aromatic carbocycles. The molecule has 0 aliphatic rings. The van der Waals surface area contributed by atoms with Crippen LogP contribution in [0.3, 0.4) is 0 Å². The van der Waals surface area contributed by atoms with Gasteiger partial charge in [-0.15, -0.1) is 0 Å². The normalized spacial score (nSPS) is 12.6. The molecule has 0 fully saturated rings. The molecule has 2 nitrogen and oxygen atoms in total. The molecule has 0 unspecified atom stereocenters. The first-order chi connectivity index (χ1) is 8.76. The van der Waals surface area contributed by atoms with Gasteiger partial charge in [-0.1, -0.05) is 39.5 Å². The molecule has 0 saturated carbocycles. The van der Waals surface area contributed by atoms with Crippen LogP contribution in [-0.4, -0.2) is 29.5 Å². The molecule has 0 atom stereocenters. The van der Waals surface area contributed by atoms with Crippen LogP contribution in [0.5, 0.6) is 0 Å². The Kier molecular flexibility index (Phi) is 13.3. The lowest BCUT2D eigenvalue weighted by atomic mass is 10.3. The maximum atomic E-state index is 5.71. The van der Waals surface area contributed by atoms with Crippen LogP contribution in [0.25, 0.3) is 0 Å². The second-order valence-electron chi connectivity index (χ2n) is 4.20. The molecule has 0 amide bonds. The summed E-state index contributed by atoms with van der Waals surface area (Å²) in [6.45, 7) is 5.87. The summed E-state index contributed by atoms with van der Waals surface area (Å²) < 4.78 is 12.3. The van der Waals surface area contributed by atoms with Crippen molar-refractivity contribution in [1.29, 1.82) is 0 Å². The molecule has 18 heavy (non-hydrogen) atoms. The van der Waals surface area contributed by atoms with Gasteiger partial charge in [0.05, 0.1) is 13.2 Å². The second-order valence-corrected chi connectivity index (χ2v) is 5.12. The zero-order valence-corrected chi connectivity index (χ0v) is 14.0. The van der Waals surface area contributed by atoms with E-state index in [0.29, 0.717) is 0 Å². The van der Waals surface area contributed by atoms with Crippen LogP contribution in [0, 0.1) is 11.6 Å². The third-order valence-electron chi connectivity index (χ3n) is 2.52. The van der Waals surface area contributed by atoms with E-state index in [1.54, 1.807) is 21.8 Å². The van der Waals surface area contributed by atoms with Gasteiger partial charge in [0.25, 0.3) is 16.3 Å². The van der Waals surface area contributed by atoms with Crippen LogP contribution in [0.2, 0.25) is 0 Å². The van der Waals surface area contributed by atoms with E-state index < -0.39 is 0 Å². The monoisotopic (exact) mass is 288 g/mol. The van der Waals surface area contributed by atoms with Gasteiger partial charge in [-0.3, -0.25) is 0 Å². The smallest absolute Gasteiger partial charge is 0.291 e. The minimum Gasteiger partial charge on any atom is -0.515 e. The van der Waals surface area contributed by atoms with Crippen molar-refractivity contribution in [1.82, 2.24) is 0 Å². The summed E-state index contributed by atoms with van der Waals surface area (Å²) in [6.07, 6.45) is 8.80. The maximum absolute atomic E-state index is 5.71.